The number of carbonyl (C=O) groups is 2. The van der Waals surface area contributed by atoms with Crippen molar-refractivity contribution in [3.63, 3.8) is 0 Å². The van der Waals surface area contributed by atoms with Gasteiger partial charge in [0.2, 0.25) is 11.7 Å². The normalized spacial score (nSPS) is 11.7. The SMILES string of the molecule is COc1cc(C(=O)NC(C(=O)NCc2ccc(-c3csc(C)n3)o2)C(C)C)cc(OC)c1OC. The first-order chi connectivity index (χ1) is 16.3. The fraction of sp³-hybridized carbons (Fsp3) is 0.375. The van der Waals surface area contributed by atoms with Gasteiger partial charge < -0.3 is 29.3 Å². The van der Waals surface area contributed by atoms with Gasteiger partial charge in [-0.2, -0.15) is 0 Å². The van der Waals surface area contributed by atoms with E-state index in [0.29, 0.717) is 28.8 Å². The second kappa shape index (κ2) is 11.1. The largest absolute Gasteiger partial charge is 0.493 e. The summed E-state index contributed by atoms with van der Waals surface area (Å²) in [5, 5.41) is 8.51. The highest BCUT2D eigenvalue weighted by atomic mass is 32.1. The molecule has 2 heterocycles. The molecule has 1 unspecified atom stereocenters. The molecule has 182 valence electrons. The van der Waals surface area contributed by atoms with Gasteiger partial charge in [-0.15, -0.1) is 11.3 Å². The van der Waals surface area contributed by atoms with Crippen molar-refractivity contribution in [1.29, 1.82) is 0 Å². The van der Waals surface area contributed by atoms with Gasteiger partial charge in [0.15, 0.2) is 17.3 Å². The Morgan fingerprint density at radius 2 is 1.76 bits per heavy atom. The van der Waals surface area contributed by atoms with Crippen molar-refractivity contribution in [3.8, 4) is 28.7 Å². The number of thiazole rings is 1. The van der Waals surface area contributed by atoms with Crippen molar-refractivity contribution >= 4 is 23.2 Å². The van der Waals surface area contributed by atoms with E-state index in [2.05, 4.69) is 15.6 Å². The second-order valence-electron chi connectivity index (χ2n) is 7.84. The second-order valence-corrected chi connectivity index (χ2v) is 8.91. The Kier molecular flexibility index (Phi) is 8.17. The lowest BCUT2D eigenvalue weighted by Gasteiger charge is -2.22. The zero-order chi connectivity index (χ0) is 24.8. The molecular formula is C24H29N3O6S. The molecule has 0 aliphatic carbocycles. The number of rotatable bonds is 10. The predicted octanol–water partition coefficient (Wildman–Crippen LogP) is 3.81. The fourth-order valence-corrected chi connectivity index (χ4v) is 3.95. The van der Waals surface area contributed by atoms with Crippen LogP contribution in [0.3, 0.4) is 0 Å². The van der Waals surface area contributed by atoms with Crippen molar-refractivity contribution in [1.82, 2.24) is 15.6 Å². The molecule has 2 N–H and O–H groups in total. The molecule has 0 saturated carbocycles. The van der Waals surface area contributed by atoms with Gasteiger partial charge in [-0.25, -0.2) is 4.98 Å². The number of hydrogen-bond donors (Lipinski definition) is 2. The molecule has 10 heteroatoms. The molecular weight excluding hydrogens is 458 g/mol. The lowest BCUT2D eigenvalue weighted by molar-refractivity contribution is -0.124. The van der Waals surface area contributed by atoms with Gasteiger partial charge in [-0.1, -0.05) is 13.8 Å². The van der Waals surface area contributed by atoms with Gasteiger partial charge in [0.05, 0.1) is 32.9 Å². The highest BCUT2D eigenvalue weighted by Crippen LogP contribution is 2.38. The van der Waals surface area contributed by atoms with Crippen molar-refractivity contribution in [2.45, 2.75) is 33.4 Å². The molecule has 0 saturated heterocycles. The minimum absolute atomic E-state index is 0.156. The summed E-state index contributed by atoms with van der Waals surface area (Å²) in [5.74, 6) is 1.40. The molecule has 0 fully saturated rings. The maximum atomic E-state index is 13.0. The van der Waals surface area contributed by atoms with Crippen LogP contribution in [0.4, 0.5) is 0 Å². The van der Waals surface area contributed by atoms with E-state index in [1.165, 1.54) is 33.5 Å². The van der Waals surface area contributed by atoms with E-state index in [-0.39, 0.29) is 23.9 Å². The summed E-state index contributed by atoms with van der Waals surface area (Å²) < 4.78 is 21.7. The number of hydrogen-bond acceptors (Lipinski definition) is 8. The minimum Gasteiger partial charge on any atom is -0.493 e. The van der Waals surface area contributed by atoms with Crippen LogP contribution in [-0.4, -0.2) is 44.2 Å². The predicted molar refractivity (Wildman–Crippen MR) is 129 cm³/mol. The zero-order valence-corrected chi connectivity index (χ0v) is 20.9. The van der Waals surface area contributed by atoms with Gasteiger partial charge >= 0.3 is 0 Å². The van der Waals surface area contributed by atoms with Crippen LogP contribution >= 0.6 is 11.3 Å². The third-order valence-electron chi connectivity index (χ3n) is 5.13. The number of nitrogens with zero attached hydrogens (tertiary/aromatic N) is 1. The van der Waals surface area contributed by atoms with Crippen molar-refractivity contribution in [3.05, 3.63) is 46.0 Å². The van der Waals surface area contributed by atoms with Crippen LogP contribution in [0.15, 0.2) is 34.1 Å². The number of nitrogens with one attached hydrogen (secondary N) is 2. The number of methoxy groups -OCH3 is 3. The van der Waals surface area contributed by atoms with Crippen molar-refractivity contribution in [2.24, 2.45) is 5.92 Å². The third-order valence-corrected chi connectivity index (χ3v) is 5.91. The van der Waals surface area contributed by atoms with Crippen LogP contribution in [0.1, 0.15) is 35.0 Å². The maximum absolute atomic E-state index is 13.0. The van der Waals surface area contributed by atoms with E-state index < -0.39 is 11.9 Å². The average Bonchev–Trinajstić information content (AvgIpc) is 3.48. The Balaban J connectivity index is 1.68. The van der Waals surface area contributed by atoms with Crippen LogP contribution in [-0.2, 0) is 11.3 Å². The van der Waals surface area contributed by atoms with Crippen LogP contribution in [0.2, 0.25) is 0 Å². The average molecular weight is 488 g/mol. The Bertz CT molecular complexity index is 1130. The molecule has 1 aromatic carbocycles. The van der Waals surface area contributed by atoms with E-state index in [1.54, 1.807) is 17.4 Å². The van der Waals surface area contributed by atoms with E-state index in [0.717, 1.165) is 10.7 Å². The highest BCUT2D eigenvalue weighted by molar-refractivity contribution is 7.09. The summed E-state index contributed by atoms with van der Waals surface area (Å²) in [5.41, 5.74) is 1.04. The topological polar surface area (TPSA) is 112 Å². The molecule has 2 aromatic heterocycles. The number of aryl methyl sites for hydroxylation is 1. The van der Waals surface area contributed by atoms with Crippen LogP contribution in [0, 0.1) is 12.8 Å². The Morgan fingerprint density at radius 1 is 1.09 bits per heavy atom. The lowest BCUT2D eigenvalue weighted by atomic mass is 10.0. The molecule has 1 atom stereocenters. The molecule has 34 heavy (non-hydrogen) atoms. The minimum atomic E-state index is -0.762. The Morgan fingerprint density at radius 3 is 2.29 bits per heavy atom. The summed E-state index contributed by atoms with van der Waals surface area (Å²) in [6.07, 6.45) is 0. The number of benzene rings is 1. The summed E-state index contributed by atoms with van der Waals surface area (Å²) in [4.78, 5) is 30.3. The monoisotopic (exact) mass is 487 g/mol. The smallest absolute Gasteiger partial charge is 0.252 e. The summed E-state index contributed by atoms with van der Waals surface area (Å²) in [6.45, 7) is 5.83. The van der Waals surface area contributed by atoms with E-state index in [9.17, 15) is 9.59 Å². The molecule has 9 nitrogen and oxygen atoms in total. The van der Waals surface area contributed by atoms with Crippen LogP contribution in [0.25, 0.3) is 11.5 Å². The van der Waals surface area contributed by atoms with Gasteiger partial charge in [0.1, 0.15) is 17.5 Å². The number of amides is 2. The summed E-state index contributed by atoms with van der Waals surface area (Å²) in [6, 6.07) is 5.93. The van der Waals surface area contributed by atoms with Crippen LogP contribution < -0.4 is 24.8 Å². The Labute approximate surface area is 202 Å². The van der Waals surface area contributed by atoms with Crippen molar-refractivity contribution in [2.75, 3.05) is 21.3 Å². The molecule has 0 spiro atoms. The zero-order valence-electron chi connectivity index (χ0n) is 20.1. The van der Waals surface area contributed by atoms with Crippen LogP contribution in [0.5, 0.6) is 17.2 Å². The number of furan rings is 1. The Hall–Kier alpha value is -3.53. The first-order valence-electron chi connectivity index (χ1n) is 10.7. The number of ether oxygens (including phenoxy) is 3. The highest BCUT2D eigenvalue weighted by Gasteiger charge is 2.26. The fourth-order valence-electron chi connectivity index (χ4n) is 3.34. The maximum Gasteiger partial charge on any atom is 0.252 e. The first-order valence-corrected chi connectivity index (χ1v) is 11.5. The molecule has 3 aromatic rings. The van der Waals surface area contributed by atoms with E-state index in [1.807, 2.05) is 32.2 Å². The summed E-state index contributed by atoms with van der Waals surface area (Å²) in [7, 11) is 4.43. The molecule has 3 rings (SSSR count). The first kappa shape index (κ1) is 25.1. The van der Waals surface area contributed by atoms with Gasteiger partial charge in [0.25, 0.3) is 5.91 Å². The van der Waals surface area contributed by atoms with E-state index in [4.69, 9.17) is 18.6 Å². The standard InChI is InChI=1S/C24H29N3O6S/c1-13(2)21(27-23(28)15-9-19(30-4)22(32-6)20(10-15)31-5)24(29)25-11-16-7-8-18(33-16)17-12-34-14(3)26-17/h7-10,12-13,21H,11H2,1-6H3,(H,25,29)(H,27,28). The van der Waals surface area contributed by atoms with Gasteiger partial charge in [-0.3, -0.25) is 9.59 Å². The summed E-state index contributed by atoms with van der Waals surface area (Å²) >= 11 is 1.54. The van der Waals surface area contributed by atoms with E-state index >= 15 is 0 Å². The number of carbonyl (C=O) groups excluding carboxylic acids is 2. The molecule has 2 amide bonds. The number of aromatic nitrogens is 1. The van der Waals surface area contributed by atoms with Gasteiger partial charge in [-0.05, 0) is 37.1 Å². The molecule has 0 radical (unpaired) electrons. The van der Waals surface area contributed by atoms with Gasteiger partial charge in [0, 0.05) is 10.9 Å². The molecule has 0 aliphatic heterocycles. The molecule has 0 bridgehead atoms. The van der Waals surface area contributed by atoms with Crippen molar-refractivity contribution < 1.29 is 28.2 Å². The third kappa shape index (κ3) is 5.69. The molecule has 0 aliphatic rings. The lowest BCUT2D eigenvalue weighted by Crippen LogP contribution is -2.49. The quantitative estimate of drug-likeness (QED) is 0.447.